The van der Waals surface area contributed by atoms with Crippen molar-refractivity contribution in [1.82, 2.24) is 4.67 Å². The van der Waals surface area contributed by atoms with E-state index in [1.165, 1.54) is 0 Å². The van der Waals surface area contributed by atoms with Crippen LogP contribution in [0.2, 0.25) is 0 Å². The maximum Gasteiger partial charge on any atom is 0.408 e. The van der Waals surface area contributed by atoms with E-state index in [9.17, 15) is 4.57 Å². The van der Waals surface area contributed by atoms with E-state index in [0.717, 1.165) is 13.1 Å². The monoisotopic (exact) mass is 179 g/mol. The molecule has 1 fully saturated rings. The van der Waals surface area contributed by atoms with E-state index in [1.54, 1.807) is 4.67 Å². The second kappa shape index (κ2) is 3.68. The molecule has 0 aromatic heterocycles. The lowest BCUT2D eigenvalue weighted by Gasteiger charge is -2.16. The first-order valence-corrected chi connectivity index (χ1v) is 5.37. The average molecular weight is 179 g/mol. The molecule has 5 heteroatoms. The Morgan fingerprint density at radius 3 is 2.00 bits per heavy atom. The zero-order chi connectivity index (χ0) is 8.32. The quantitative estimate of drug-likeness (QED) is 0.473. The van der Waals surface area contributed by atoms with E-state index < -0.39 is 7.75 Å². The van der Waals surface area contributed by atoms with E-state index in [4.69, 9.17) is 9.05 Å². The first kappa shape index (κ1) is 9.20. The van der Waals surface area contributed by atoms with Crippen molar-refractivity contribution < 1.29 is 13.6 Å². The van der Waals surface area contributed by atoms with Gasteiger partial charge in [-0.2, -0.15) is 0 Å². The number of nitrogens with zero attached hydrogens (tertiary/aromatic N) is 1. The second-order valence-corrected chi connectivity index (χ2v) is 4.28. The van der Waals surface area contributed by atoms with Gasteiger partial charge in [-0.25, -0.2) is 9.24 Å². The van der Waals surface area contributed by atoms with Gasteiger partial charge in [0.15, 0.2) is 0 Å². The minimum Gasteiger partial charge on any atom is -0.297 e. The molecule has 0 atom stereocenters. The van der Waals surface area contributed by atoms with Crippen molar-refractivity contribution in [3.8, 4) is 0 Å². The molecule has 1 rings (SSSR count). The first-order chi connectivity index (χ1) is 5.23. The van der Waals surface area contributed by atoms with Crippen molar-refractivity contribution >= 4 is 7.75 Å². The van der Waals surface area contributed by atoms with E-state index in [0.29, 0.717) is 13.2 Å². The predicted molar refractivity (Wildman–Crippen MR) is 42.4 cm³/mol. The Balaban J connectivity index is 2.47. The highest BCUT2D eigenvalue weighted by Gasteiger charge is 2.40. The fourth-order valence-electron chi connectivity index (χ4n) is 0.817. The Morgan fingerprint density at radius 1 is 1.27 bits per heavy atom. The van der Waals surface area contributed by atoms with Crippen molar-refractivity contribution in [3.63, 3.8) is 0 Å². The Morgan fingerprint density at radius 2 is 1.73 bits per heavy atom. The van der Waals surface area contributed by atoms with Crippen molar-refractivity contribution in [2.24, 2.45) is 0 Å². The van der Waals surface area contributed by atoms with Gasteiger partial charge in [0.05, 0.1) is 13.2 Å². The maximum absolute atomic E-state index is 11.7. The molecule has 0 aromatic carbocycles. The van der Waals surface area contributed by atoms with Crippen LogP contribution in [-0.4, -0.2) is 31.0 Å². The van der Waals surface area contributed by atoms with E-state index in [2.05, 4.69) is 0 Å². The minimum absolute atomic E-state index is 0.438. The maximum atomic E-state index is 11.7. The van der Waals surface area contributed by atoms with Gasteiger partial charge in [0.1, 0.15) is 0 Å². The molecular formula is C6H14NO3P. The molecule has 0 unspecified atom stereocenters. The normalized spacial score (nSPS) is 18.7. The smallest absolute Gasteiger partial charge is 0.297 e. The van der Waals surface area contributed by atoms with Crippen molar-refractivity contribution in [2.45, 2.75) is 13.8 Å². The number of hydrogen-bond acceptors (Lipinski definition) is 3. The third-order valence-electron chi connectivity index (χ3n) is 1.35. The number of rotatable bonds is 5. The Hall–Kier alpha value is 0.110. The average Bonchev–Trinajstić information content (AvgIpc) is 2.68. The second-order valence-electron chi connectivity index (χ2n) is 2.26. The van der Waals surface area contributed by atoms with Crippen LogP contribution in [0, 0.1) is 0 Å². The van der Waals surface area contributed by atoms with Crippen LogP contribution in [0.15, 0.2) is 0 Å². The molecule has 66 valence electrons. The summed E-state index contributed by atoms with van der Waals surface area (Å²) in [5.41, 5.74) is 0. The zero-order valence-corrected chi connectivity index (χ0v) is 7.84. The largest absolute Gasteiger partial charge is 0.408 e. The summed E-state index contributed by atoms with van der Waals surface area (Å²) in [5.74, 6) is 0. The van der Waals surface area contributed by atoms with Crippen molar-refractivity contribution in [3.05, 3.63) is 0 Å². The van der Waals surface area contributed by atoms with Gasteiger partial charge in [0.25, 0.3) is 0 Å². The van der Waals surface area contributed by atoms with Gasteiger partial charge >= 0.3 is 7.75 Å². The highest BCUT2D eigenvalue weighted by molar-refractivity contribution is 7.51. The van der Waals surface area contributed by atoms with Gasteiger partial charge in [-0.05, 0) is 13.8 Å². The molecule has 0 aromatic rings. The molecule has 1 aliphatic rings. The van der Waals surface area contributed by atoms with Crippen LogP contribution in [0.5, 0.6) is 0 Å². The van der Waals surface area contributed by atoms with Gasteiger partial charge in [0.2, 0.25) is 0 Å². The summed E-state index contributed by atoms with van der Waals surface area (Å²) in [6.07, 6.45) is 0. The lowest BCUT2D eigenvalue weighted by atomic mass is 10.9. The van der Waals surface area contributed by atoms with Crippen LogP contribution in [0.3, 0.4) is 0 Å². The van der Waals surface area contributed by atoms with Crippen LogP contribution in [0.1, 0.15) is 13.8 Å². The van der Waals surface area contributed by atoms with Crippen molar-refractivity contribution in [1.29, 1.82) is 0 Å². The summed E-state index contributed by atoms with van der Waals surface area (Å²) in [4.78, 5) is 0. The highest BCUT2D eigenvalue weighted by atomic mass is 31.2. The van der Waals surface area contributed by atoms with E-state index in [1.807, 2.05) is 13.8 Å². The topological polar surface area (TPSA) is 38.5 Å². The predicted octanol–water partition coefficient (Wildman–Crippen LogP) is 1.48. The van der Waals surface area contributed by atoms with Crippen LogP contribution < -0.4 is 0 Å². The van der Waals surface area contributed by atoms with E-state index in [-0.39, 0.29) is 0 Å². The summed E-state index contributed by atoms with van der Waals surface area (Å²) in [7, 11) is -2.85. The lowest BCUT2D eigenvalue weighted by molar-refractivity contribution is 0.197. The molecule has 0 radical (unpaired) electrons. The molecule has 0 saturated carbocycles. The highest BCUT2D eigenvalue weighted by Crippen LogP contribution is 2.55. The summed E-state index contributed by atoms with van der Waals surface area (Å²) in [6, 6.07) is 0. The number of hydrogen-bond donors (Lipinski definition) is 0. The van der Waals surface area contributed by atoms with Crippen LogP contribution in [-0.2, 0) is 13.6 Å². The summed E-state index contributed by atoms with van der Waals surface area (Å²) < 4.78 is 23.5. The third kappa shape index (κ3) is 2.27. The Kier molecular flexibility index (Phi) is 3.07. The van der Waals surface area contributed by atoms with Crippen molar-refractivity contribution in [2.75, 3.05) is 26.3 Å². The van der Waals surface area contributed by atoms with E-state index >= 15 is 0 Å². The molecule has 0 spiro atoms. The molecule has 11 heavy (non-hydrogen) atoms. The molecule has 1 aliphatic heterocycles. The molecule has 0 aliphatic carbocycles. The lowest BCUT2D eigenvalue weighted by Crippen LogP contribution is -2.03. The summed E-state index contributed by atoms with van der Waals surface area (Å²) in [6.45, 7) is 6.17. The van der Waals surface area contributed by atoms with Gasteiger partial charge in [0, 0.05) is 13.1 Å². The molecule has 0 bridgehead atoms. The molecular weight excluding hydrogens is 165 g/mol. The first-order valence-electron chi connectivity index (χ1n) is 3.87. The molecule has 0 amide bonds. The van der Waals surface area contributed by atoms with Gasteiger partial charge in [-0.1, -0.05) is 0 Å². The fourth-order valence-corrected chi connectivity index (χ4v) is 2.45. The summed E-state index contributed by atoms with van der Waals surface area (Å²) >= 11 is 0. The SMILES string of the molecule is CCOP(=O)(OCC)N1CC1. The third-order valence-corrected chi connectivity index (χ3v) is 3.62. The van der Waals surface area contributed by atoms with Crippen LogP contribution >= 0.6 is 7.75 Å². The molecule has 1 heterocycles. The fraction of sp³-hybridized carbons (Fsp3) is 1.00. The van der Waals surface area contributed by atoms with Gasteiger partial charge < -0.3 is 0 Å². The molecule has 0 N–H and O–H groups in total. The molecule has 4 nitrogen and oxygen atoms in total. The zero-order valence-electron chi connectivity index (χ0n) is 6.95. The van der Waals surface area contributed by atoms with Crippen LogP contribution in [0.25, 0.3) is 0 Å². The Bertz CT molecular complexity index is 159. The molecule has 1 saturated heterocycles. The summed E-state index contributed by atoms with van der Waals surface area (Å²) in [5, 5.41) is 0. The minimum atomic E-state index is -2.85. The van der Waals surface area contributed by atoms with Crippen LogP contribution in [0.4, 0.5) is 0 Å². The van der Waals surface area contributed by atoms with Gasteiger partial charge in [-0.15, -0.1) is 0 Å². The Labute approximate surface area is 67.1 Å². The standard InChI is InChI=1S/C6H14NO3P/c1-3-9-11(8,10-4-2)7-5-6-7/h3-6H2,1-2H3. The van der Waals surface area contributed by atoms with Gasteiger partial charge in [-0.3, -0.25) is 9.05 Å².